The maximum atomic E-state index is 13.8. The lowest BCUT2D eigenvalue weighted by atomic mass is 9.84. The lowest BCUT2D eigenvalue weighted by Crippen LogP contribution is -2.59. The minimum atomic E-state index is -1.60. The van der Waals surface area contributed by atoms with Crippen molar-refractivity contribution in [3.63, 3.8) is 0 Å². The molecule has 1 unspecified atom stereocenters. The van der Waals surface area contributed by atoms with Gasteiger partial charge in [-0.3, -0.25) is 38.4 Å². The summed E-state index contributed by atoms with van der Waals surface area (Å²) in [4.78, 5) is 112. The number of nitrogens with one attached hydrogen (secondary N) is 5. The van der Waals surface area contributed by atoms with E-state index in [4.69, 9.17) is 10.8 Å². The Morgan fingerprint density at radius 1 is 0.636 bits per heavy atom. The molecular formula is C35H52N6O13S. The van der Waals surface area contributed by atoms with Crippen LogP contribution in [0.25, 0.3) is 0 Å². The number of rotatable bonds is 26. The van der Waals surface area contributed by atoms with Crippen LogP contribution in [-0.2, 0) is 43.2 Å². The van der Waals surface area contributed by atoms with Gasteiger partial charge in [-0.05, 0) is 31.6 Å². The Morgan fingerprint density at radius 2 is 1.11 bits per heavy atom. The molecule has 11 N–H and O–H groups in total. The molecule has 1 saturated carbocycles. The van der Waals surface area contributed by atoms with Gasteiger partial charge in [-0.25, -0.2) is 4.79 Å². The third kappa shape index (κ3) is 19.6. The molecule has 1 aliphatic rings. The van der Waals surface area contributed by atoms with Crippen LogP contribution in [0.3, 0.4) is 0 Å². The van der Waals surface area contributed by atoms with Crippen LogP contribution in [0, 0.1) is 5.92 Å². The van der Waals surface area contributed by atoms with Gasteiger partial charge in [0.2, 0.25) is 29.5 Å². The van der Waals surface area contributed by atoms with Crippen LogP contribution in [0.1, 0.15) is 77.0 Å². The number of carbonyl (C=O) groups is 9. The number of carbonyl (C=O) groups excluding carboxylic acids is 5. The monoisotopic (exact) mass is 796 g/mol. The lowest BCUT2D eigenvalue weighted by molar-refractivity contribution is -0.142. The number of carboxylic acids is 4. The third-order valence-corrected chi connectivity index (χ3v) is 8.88. The van der Waals surface area contributed by atoms with E-state index in [2.05, 4.69) is 45.8 Å². The zero-order chi connectivity index (χ0) is 41.5. The van der Waals surface area contributed by atoms with Crippen LogP contribution in [-0.4, -0.2) is 116 Å². The summed E-state index contributed by atoms with van der Waals surface area (Å²) in [6.45, 7) is 3.54. The van der Waals surface area contributed by atoms with E-state index in [0.29, 0.717) is 0 Å². The van der Waals surface area contributed by atoms with E-state index in [0.717, 1.165) is 32.1 Å². The Hall–Kier alpha value is -5.24. The van der Waals surface area contributed by atoms with Crippen molar-refractivity contribution in [1.82, 2.24) is 26.6 Å². The predicted molar refractivity (Wildman–Crippen MR) is 199 cm³/mol. The van der Waals surface area contributed by atoms with E-state index in [1.807, 2.05) is 0 Å². The molecule has 1 aliphatic carbocycles. The van der Waals surface area contributed by atoms with E-state index in [-0.39, 0.29) is 24.5 Å². The molecular weight excluding hydrogens is 744 g/mol. The summed E-state index contributed by atoms with van der Waals surface area (Å²) in [6.07, 6.45) is 8.73. The minimum Gasteiger partial charge on any atom is -0.481 e. The smallest absolute Gasteiger partial charge is 0.327 e. The van der Waals surface area contributed by atoms with Crippen molar-refractivity contribution in [3.05, 3.63) is 37.0 Å². The van der Waals surface area contributed by atoms with Crippen LogP contribution in [0.2, 0.25) is 0 Å². The fraction of sp³-hybridized carbons (Fsp3) is 0.571. The second-order valence-corrected chi connectivity index (χ2v) is 13.3. The molecule has 20 heteroatoms. The highest BCUT2D eigenvalue weighted by Gasteiger charge is 2.34. The number of amides is 5. The average Bonchev–Trinajstić information content (AvgIpc) is 3.12. The molecule has 0 spiro atoms. The van der Waals surface area contributed by atoms with Crippen LogP contribution in [0.15, 0.2) is 37.0 Å². The van der Waals surface area contributed by atoms with Crippen LogP contribution in [0.4, 0.5) is 0 Å². The van der Waals surface area contributed by atoms with Gasteiger partial charge < -0.3 is 52.7 Å². The summed E-state index contributed by atoms with van der Waals surface area (Å²) in [5.74, 6) is -10.6. The lowest BCUT2D eigenvalue weighted by Gasteiger charge is -2.29. The number of aliphatic carboxylic acids is 4. The highest BCUT2D eigenvalue weighted by atomic mass is 32.1. The van der Waals surface area contributed by atoms with Gasteiger partial charge in [0.25, 0.3) is 0 Å². The molecule has 0 aromatic rings. The Morgan fingerprint density at radius 3 is 1.60 bits per heavy atom. The average molecular weight is 797 g/mol. The van der Waals surface area contributed by atoms with E-state index >= 15 is 0 Å². The fourth-order valence-corrected chi connectivity index (χ4v) is 5.81. The SMILES string of the molecule is C=C/C=C\C=C/CC(NC(=O)[C@H](CCC(=O)O)NC(=O)[C@@H](N)CC(=O)O)C(=O)N[C@@H](CCC(=O)O)C(=O)N[C@@H](CC1CCCCC1)C(=O)N[C@@H](CS)C(=O)O. The van der Waals surface area contributed by atoms with E-state index in [9.17, 15) is 58.5 Å². The Kier molecular flexibility index (Phi) is 22.3. The molecule has 6 atom stereocenters. The summed E-state index contributed by atoms with van der Waals surface area (Å²) in [7, 11) is 0. The summed E-state index contributed by atoms with van der Waals surface area (Å²) in [5, 5.41) is 48.9. The molecule has 0 aromatic carbocycles. The molecule has 0 aromatic heterocycles. The normalized spacial score (nSPS) is 16.4. The number of carboxylic acid groups (broad SMARTS) is 4. The van der Waals surface area contributed by atoms with Gasteiger partial charge in [-0.15, -0.1) is 0 Å². The first kappa shape index (κ1) is 47.8. The quantitative estimate of drug-likeness (QED) is 0.0393. The standard InChI is InChI=1S/C35H52N6O13S/c1-2-3-4-5-9-12-22(38-32(50)23(13-15-27(42)43)37-30(48)21(36)18-29(46)47)31(49)39-24(14-16-28(44)45)33(51)40-25(17-20-10-7-6-8-11-20)34(52)41-26(19-55)35(53)54/h2-5,9,20-26,55H,1,6-8,10-19,36H2,(H,37,48)(H,38,50)(H,39,49)(H,40,51)(H,41,52)(H,42,43)(H,44,45)(H,46,47)(H,53,54)/b4-3-,9-5-/t21-,22?,23-,24-,25-,26-/m0/s1. The highest BCUT2D eigenvalue weighted by molar-refractivity contribution is 7.80. The second-order valence-electron chi connectivity index (χ2n) is 12.9. The van der Waals surface area contributed by atoms with Gasteiger partial charge in [0.15, 0.2) is 0 Å². The summed E-state index contributed by atoms with van der Waals surface area (Å²) in [5.41, 5.74) is 5.60. The van der Waals surface area contributed by atoms with Crippen LogP contribution >= 0.6 is 12.6 Å². The topological polar surface area (TPSA) is 321 Å². The molecule has 0 radical (unpaired) electrons. The van der Waals surface area contributed by atoms with E-state index in [1.165, 1.54) is 18.2 Å². The molecule has 5 amide bonds. The molecule has 0 bridgehead atoms. The number of nitrogens with two attached hydrogens (primary N) is 1. The fourth-order valence-electron chi connectivity index (χ4n) is 5.56. The molecule has 0 heterocycles. The van der Waals surface area contributed by atoms with Gasteiger partial charge in [-0.1, -0.05) is 69.1 Å². The van der Waals surface area contributed by atoms with Crippen molar-refractivity contribution < 1.29 is 63.6 Å². The maximum absolute atomic E-state index is 13.8. The van der Waals surface area contributed by atoms with E-state index in [1.54, 1.807) is 12.2 Å². The summed E-state index contributed by atoms with van der Waals surface area (Å²) < 4.78 is 0. The van der Waals surface area contributed by atoms with Gasteiger partial charge in [0.05, 0.1) is 12.5 Å². The molecule has 306 valence electrons. The molecule has 19 nitrogen and oxygen atoms in total. The first-order valence-corrected chi connectivity index (χ1v) is 18.3. The maximum Gasteiger partial charge on any atom is 0.327 e. The van der Waals surface area contributed by atoms with E-state index < -0.39 is 122 Å². The van der Waals surface area contributed by atoms with Crippen molar-refractivity contribution in [2.24, 2.45) is 11.7 Å². The van der Waals surface area contributed by atoms with Crippen molar-refractivity contribution in [2.75, 3.05) is 5.75 Å². The highest BCUT2D eigenvalue weighted by Crippen LogP contribution is 2.27. The molecule has 1 rings (SSSR count). The number of hydrogen-bond donors (Lipinski definition) is 11. The second kappa shape index (κ2) is 25.7. The van der Waals surface area contributed by atoms with Crippen LogP contribution in [0.5, 0.6) is 0 Å². The van der Waals surface area contributed by atoms with Gasteiger partial charge in [0, 0.05) is 18.6 Å². The molecule has 0 saturated heterocycles. The van der Waals surface area contributed by atoms with Gasteiger partial charge >= 0.3 is 23.9 Å². The predicted octanol–water partition coefficient (Wildman–Crippen LogP) is -0.385. The molecule has 0 aliphatic heterocycles. The number of hydrogen-bond acceptors (Lipinski definition) is 11. The Labute approximate surface area is 323 Å². The summed E-state index contributed by atoms with van der Waals surface area (Å²) >= 11 is 3.97. The van der Waals surface area contributed by atoms with Gasteiger partial charge in [-0.2, -0.15) is 12.6 Å². The summed E-state index contributed by atoms with van der Waals surface area (Å²) in [6, 6.07) is -8.92. The molecule has 1 fully saturated rings. The largest absolute Gasteiger partial charge is 0.481 e. The number of thiol groups is 1. The zero-order valence-corrected chi connectivity index (χ0v) is 31.2. The minimum absolute atomic E-state index is 0.00546. The third-order valence-electron chi connectivity index (χ3n) is 8.51. The first-order valence-electron chi connectivity index (χ1n) is 17.7. The van der Waals surface area contributed by atoms with Crippen molar-refractivity contribution >= 4 is 66.0 Å². The van der Waals surface area contributed by atoms with Crippen molar-refractivity contribution in [2.45, 2.75) is 113 Å². The Balaban J connectivity index is 3.42. The Bertz CT molecular complexity index is 1450. The van der Waals surface area contributed by atoms with Crippen molar-refractivity contribution in [1.29, 1.82) is 0 Å². The number of allylic oxidation sites excluding steroid dienone is 4. The van der Waals surface area contributed by atoms with Gasteiger partial charge in [0.1, 0.15) is 30.2 Å². The molecule has 55 heavy (non-hydrogen) atoms. The van der Waals surface area contributed by atoms with Crippen LogP contribution < -0.4 is 32.3 Å². The van der Waals surface area contributed by atoms with Crippen molar-refractivity contribution in [3.8, 4) is 0 Å². The first-order chi connectivity index (χ1) is 26.0. The zero-order valence-electron chi connectivity index (χ0n) is 30.3.